The molecule has 0 radical (unpaired) electrons. The van der Waals surface area contributed by atoms with E-state index in [1.807, 2.05) is 0 Å². The molecule has 120 valence electrons. The molecule has 0 atom stereocenters. The Bertz CT molecular complexity index is 461. The van der Waals surface area contributed by atoms with Crippen molar-refractivity contribution in [2.24, 2.45) is 5.73 Å². The van der Waals surface area contributed by atoms with Crippen molar-refractivity contribution in [2.75, 3.05) is 20.2 Å². The molecule has 1 aromatic carbocycles. The van der Waals surface area contributed by atoms with Crippen molar-refractivity contribution in [3.05, 3.63) is 23.8 Å². The van der Waals surface area contributed by atoms with Crippen molar-refractivity contribution >= 4 is 18.3 Å². The number of halogens is 3. The first kappa shape index (κ1) is 19.4. The van der Waals surface area contributed by atoms with Crippen LogP contribution in [-0.2, 0) is 11.3 Å². The predicted octanol–water partition coefficient (Wildman–Crippen LogP) is 2.03. The lowest BCUT2D eigenvalue weighted by Gasteiger charge is -2.18. The lowest BCUT2D eigenvalue weighted by molar-refractivity contribution is -0.128. The monoisotopic (exact) mass is 324 g/mol. The Morgan fingerprint density at radius 3 is 2.57 bits per heavy atom. The minimum Gasteiger partial charge on any atom is -0.490 e. The van der Waals surface area contributed by atoms with Gasteiger partial charge in [-0.3, -0.25) is 4.79 Å². The number of ether oxygens (including phenoxy) is 2. The van der Waals surface area contributed by atoms with Gasteiger partial charge in [0, 0.05) is 13.6 Å². The second kappa shape index (κ2) is 9.36. The van der Waals surface area contributed by atoms with Crippen molar-refractivity contribution < 1.29 is 23.0 Å². The summed E-state index contributed by atoms with van der Waals surface area (Å²) in [6.07, 6.45) is 0. The highest BCUT2D eigenvalue weighted by Gasteiger charge is 2.13. The molecule has 1 rings (SSSR count). The minimum atomic E-state index is -2.92. The van der Waals surface area contributed by atoms with Crippen LogP contribution in [0.1, 0.15) is 12.5 Å². The van der Waals surface area contributed by atoms with E-state index in [1.54, 1.807) is 26.1 Å². The number of alkyl halides is 2. The molecule has 8 heteroatoms. The van der Waals surface area contributed by atoms with Gasteiger partial charge in [-0.25, -0.2) is 0 Å². The van der Waals surface area contributed by atoms with Crippen LogP contribution in [0.5, 0.6) is 11.5 Å². The normalized spacial score (nSPS) is 10.0. The van der Waals surface area contributed by atoms with E-state index < -0.39 is 6.61 Å². The molecule has 21 heavy (non-hydrogen) atoms. The number of hydrogen-bond acceptors (Lipinski definition) is 4. The summed E-state index contributed by atoms with van der Waals surface area (Å²) in [5, 5.41) is 0. The molecule has 0 bridgehead atoms. The zero-order valence-corrected chi connectivity index (χ0v) is 12.7. The van der Waals surface area contributed by atoms with Gasteiger partial charge in [-0.05, 0) is 24.6 Å². The smallest absolute Gasteiger partial charge is 0.387 e. The van der Waals surface area contributed by atoms with Crippen molar-refractivity contribution in [3.8, 4) is 11.5 Å². The number of nitrogens with two attached hydrogens (primary N) is 1. The van der Waals surface area contributed by atoms with E-state index in [0.717, 1.165) is 5.56 Å². The van der Waals surface area contributed by atoms with Crippen LogP contribution in [-0.4, -0.2) is 37.6 Å². The molecule has 5 nitrogen and oxygen atoms in total. The highest BCUT2D eigenvalue weighted by molar-refractivity contribution is 5.85. The number of rotatable bonds is 7. The van der Waals surface area contributed by atoms with Gasteiger partial charge in [0.2, 0.25) is 5.91 Å². The van der Waals surface area contributed by atoms with E-state index in [1.165, 1.54) is 11.0 Å². The largest absolute Gasteiger partial charge is 0.490 e. The Balaban J connectivity index is 0.00000400. The molecule has 1 amide bonds. The number of carbonyl (C=O) groups is 1. The van der Waals surface area contributed by atoms with Crippen molar-refractivity contribution in [2.45, 2.75) is 20.1 Å². The second-order valence-corrected chi connectivity index (χ2v) is 4.05. The van der Waals surface area contributed by atoms with Crippen molar-refractivity contribution in [1.29, 1.82) is 0 Å². The van der Waals surface area contributed by atoms with E-state index in [4.69, 9.17) is 10.5 Å². The van der Waals surface area contributed by atoms with Crippen molar-refractivity contribution in [3.63, 3.8) is 0 Å². The summed E-state index contributed by atoms with van der Waals surface area (Å²) in [6, 6.07) is 4.56. The molecular formula is C13H19ClF2N2O3. The topological polar surface area (TPSA) is 64.8 Å². The number of hydrogen-bond donors (Lipinski definition) is 1. The van der Waals surface area contributed by atoms with Gasteiger partial charge in [-0.2, -0.15) is 8.78 Å². The van der Waals surface area contributed by atoms with Crippen LogP contribution >= 0.6 is 12.4 Å². The molecule has 0 fully saturated rings. The maximum atomic E-state index is 12.3. The molecule has 0 aliphatic heterocycles. The summed E-state index contributed by atoms with van der Waals surface area (Å²) in [5.41, 5.74) is 6.00. The second-order valence-electron chi connectivity index (χ2n) is 4.05. The van der Waals surface area contributed by atoms with Crippen LogP contribution in [0.4, 0.5) is 8.78 Å². The Morgan fingerprint density at radius 2 is 2.05 bits per heavy atom. The zero-order valence-electron chi connectivity index (χ0n) is 11.8. The quantitative estimate of drug-likeness (QED) is 0.833. The number of carbonyl (C=O) groups excluding carboxylic acids is 1. The third-order valence-corrected chi connectivity index (χ3v) is 2.54. The first-order valence-corrected chi connectivity index (χ1v) is 6.12. The fourth-order valence-electron chi connectivity index (χ4n) is 1.63. The molecule has 2 N–H and O–H groups in total. The Labute approximate surface area is 128 Å². The fraction of sp³-hybridized carbons (Fsp3) is 0.462. The Hall–Kier alpha value is -1.60. The van der Waals surface area contributed by atoms with Crippen LogP contribution in [0.25, 0.3) is 0 Å². The summed E-state index contributed by atoms with van der Waals surface area (Å²) in [6.45, 7) is -0.628. The predicted molar refractivity (Wildman–Crippen MR) is 77.0 cm³/mol. The average Bonchev–Trinajstić information content (AvgIpc) is 2.40. The minimum absolute atomic E-state index is 0. The molecule has 0 saturated heterocycles. The molecule has 0 spiro atoms. The number of nitrogens with zero attached hydrogens (tertiary/aromatic N) is 1. The highest BCUT2D eigenvalue weighted by Crippen LogP contribution is 2.30. The van der Waals surface area contributed by atoms with Crippen LogP contribution < -0.4 is 15.2 Å². The molecule has 0 aromatic heterocycles. The third kappa shape index (κ3) is 6.14. The highest BCUT2D eigenvalue weighted by atomic mass is 35.5. The van der Waals surface area contributed by atoms with Gasteiger partial charge in [0.25, 0.3) is 0 Å². The number of amides is 1. The van der Waals surface area contributed by atoms with Crippen molar-refractivity contribution in [1.82, 2.24) is 4.90 Å². The van der Waals surface area contributed by atoms with Crippen LogP contribution in [0.3, 0.4) is 0 Å². The van der Waals surface area contributed by atoms with E-state index >= 15 is 0 Å². The first-order valence-electron chi connectivity index (χ1n) is 6.12. The van der Waals surface area contributed by atoms with E-state index in [-0.39, 0.29) is 36.4 Å². The maximum Gasteiger partial charge on any atom is 0.387 e. The van der Waals surface area contributed by atoms with Gasteiger partial charge in [0.15, 0.2) is 11.5 Å². The van der Waals surface area contributed by atoms with Gasteiger partial charge in [-0.1, -0.05) is 6.07 Å². The Kier molecular flexibility index (Phi) is 8.64. The Morgan fingerprint density at radius 1 is 1.38 bits per heavy atom. The van der Waals surface area contributed by atoms with E-state index in [0.29, 0.717) is 13.2 Å². The molecule has 0 unspecified atom stereocenters. The van der Waals surface area contributed by atoms with Gasteiger partial charge >= 0.3 is 6.61 Å². The molecule has 0 saturated carbocycles. The lowest BCUT2D eigenvalue weighted by atomic mass is 10.2. The average molecular weight is 325 g/mol. The van der Waals surface area contributed by atoms with Crippen LogP contribution in [0.15, 0.2) is 18.2 Å². The SMILES string of the molecule is CCOc1cc(CN(C)C(=O)CN)ccc1OC(F)F.Cl. The lowest BCUT2D eigenvalue weighted by Crippen LogP contribution is -2.32. The first-order chi connectivity index (χ1) is 9.47. The van der Waals surface area contributed by atoms with E-state index in [2.05, 4.69) is 4.74 Å². The fourth-order valence-corrected chi connectivity index (χ4v) is 1.63. The molecule has 0 aliphatic carbocycles. The molecule has 0 heterocycles. The van der Waals surface area contributed by atoms with Gasteiger partial charge in [0.1, 0.15) is 0 Å². The summed E-state index contributed by atoms with van der Waals surface area (Å²) in [4.78, 5) is 12.8. The van der Waals surface area contributed by atoms with Crippen LogP contribution in [0, 0.1) is 0 Å². The molecule has 0 aliphatic rings. The summed E-state index contributed by atoms with van der Waals surface area (Å²) in [5.74, 6) is -0.0202. The standard InChI is InChI=1S/C13H18F2N2O3.ClH/c1-3-19-11-6-9(8-17(2)12(18)7-16)4-5-10(11)20-13(14)15;/h4-6,13H,3,7-8,16H2,1-2H3;1H. The van der Waals surface area contributed by atoms with Gasteiger partial charge in [-0.15, -0.1) is 12.4 Å². The summed E-state index contributed by atoms with van der Waals surface area (Å²) < 4.78 is 34.1. The number of benzene rings is 1. The number of likely N-dealkylation sites (N-methyl/N-ethyl adjacent to an activating group) is 1. The zero-order chi connectivity index (χ0) is 15.1. The molecule has 1 aromatic rings. The maximum absolute atomic E-state index is 12.3. The van der Waals surface area contributed by atoms with Gasteiger partial charge < -0.3 is 20.1 Å². The molecular weight excluding hydrogens is 306 g/mol. The summed E-state index contributed by atoms with van der Waals surface area (Å²) >= 11 is 0. The summed E-state index contributed by atoms with van der Waals surface area (Å²) in [7, 11) is 1.61. The van der Waals surface area contributed by atoms with Crippen LogP contribution in [0.2, 0.25) is 0 Å². The third-order valence-electron chi connectivity index (χ3n) is 2.54. The van der Waals surface area contributed by atoms with E-state index in [9.17, 15) is 13.6 Å². The van der Waals surface area contributed by atoms with Gasteiger partial charge in [0.05, 0.1) is 13.2 Å².